The molecule has 8 rings (SSSR count). The predicted molar refractivity (Wildman–Crippen MR) is 199 cm³/mol. The van der Waals surface area contributed by atoms with Gasteiger partial charge in [0.15, 0.2) is 6.04 Å². The van der Waals surface area contributed by atoms with Crippen LogP contribution in [0.1, 0.15) is 86.3 Å². The lowest BCUT2D eigenvalue weighted by molar-refractivity contribution is -0.201. The van der Waals surface area contributed by atoms with Crippen LogP contribution in [-0.4, -0.2) is 102 Å². The number of allylic oxidation sites excluding steroid dienone is 1. The fourth-order valence-electron chi connectivity index (χ4n) is 8.94. The zero-order chi connectivity index (χ0) is 39.2. The van der Waals surface area contributed by atoms with Crippen molar-refractivity contribution >= 4 is 29.8 Å². The molecule has 4 aliphatic heterocycles. The van der Waals surface area contributed by atoms with Crippen molar-refractivity contribution in [1.82, 2.24) is 15.7 Å². The van der Waals surface area contributed by atoms with Gasteiger partial charge in [0.25, 0.3) is 5.91 Å². The molecule has 2 aromatic carbocycles. The van der Waals surface area contributed by atoms with Crippen molar-refractivity contribution in [3.05, 3.63) is 76.9 Å². The summed E-state index contributed by atoms with van der Waals surface area (Å²) in [7, 11) is 0. The summed E-state index contributed by atoms with van der Waals surface area (Å²) in [6.07, 6.45) is 6.45. The van der Waals surface area contributed by atoms with Crippen LogP contribution in [0.4, 0.5) is 0 Å². The van der Waals surface area contributed by atoms with Crippen LogP contribution in [0.5, 0.6) is 0 Å². The molecular weight excluding hydrogens is 722 g/mol. The van der Waals surface area contributed by atoms with E-state index in [1.54, 1.807) is 50.1 Å². The van der Waals surface area contributed by atoms with Crippen molar-refractivity contribution in [3.8, 4) is 0 Å². The first-order valence-electron chi connectivity index (χ1n) is 19.7. The lowest BCUT2D eigenvalue weighted by Crippen LogP contribution is -2.69. The lowest BCUT2D eigenvalue weighted by Gasteiger charge is -2.48. The largest absolute Gasteiger partial charge is 0.460 e. The maximum atomic E-state index is 14.5. The average Bonchev–Trinajstić information content (AvgIpc) is 3.61. The molecule has 10 atom stereocenters. The third kappa shape index (κ3) is 8.00. The Morgan fingerprint density at radius 2 is 1.84 bits per heavy atom. The molecule has 56 heavy (non-hydrogen) atoms. The number of hydrogen-bond acceptors (Lipinski definition) is 12. The summed E-state index contributed by atoms with van der Waals surface area (Å²) in [6.45, 7) is 5.28. The number of hydroxylamine groups is 2. The van der Waals surface area contributed by atoms with Gasteiger partial charge < -0.3 is 39.4 Å². The number of fused-ring (bicyclic) bond motifs is 5. The highest BCUT2D eigenvalue weighted by Gasteiger charge is 2.74. The highest BCUT2D eigenvalue weighted by Crippen LogP contribution is 2.55. The average molecular weight is 774 g/mol. The van der Waals surface area contributed by atoms with E-state index in [0.29, 0.717) is 29.3 Å². The Balaban J connectivity index is 0.934. The second-order valence-corrected chi connectivity index (χ2v) is 16.9. The molecule has 2 amide bonds. The van der Waals surface area contributed by atoms with Crippen LogP contribution < -0.4 is 10.6 Å². The van der Waals surface area contributed by atoms with Crippen LogP contribution in [0.3, 0.4) is 0 Å². The number of nitrogens with zero attached hydrogens (tertiary/aromatic N) is 1. The van der Waals surface area contributed by atoms with E-state index >= 15 is 0 Å². The first kappa shape index (κ1) is 38.7. The summed E-state index contributed by atoms with van der Waals surface area (Å²) in [4.78, 5) is 60.2. The number of rotatable bonds is 13. The van der Waals surface area contributed by atoms with E-state index in [-0.39, 0.29) is 51.7 Å². The van der Waals surface area contributed by atoms with Gasteiger partial charge in [0.05, 0.1) is 31.4 Å². The minimum atomic E-state index is -1.32. The van der Waals surface area contributed by atoms with E-state index in [9.17, 15) is 24.3 Å². The Labute approximate surface area is 326 Å². The van der Waals surface area contributed by atoms with Gasteiger partial charge >= 0.3 is 11.9 Å². The Hall–Kier alpha value is -4.18. The number of nitrogens with one attached hydrogen (secondary N) is 2. The van der Waals surface area contributed by atoms with Crippen molar-refractivity contribution in [2.24, 2.45) is 11.3 Å². The fourth-order valence-corrected chi connectivity index (χ4v) is 8.94. The topological polar surface area (TPSA) is 174 Å². The number of ether oxygens (including phenoxy) is 5. The lowest BCUT2D eigenvalue weighted by atomic mass is 9.62. The van der Waals surface area contributed by atoms with Crippen molar-refractivity contribution in [2.75, 3.05) is 13.4 Å². The summed E-state index contributed by atoms with van der Waals surface area (Å²) in [5.41, 5.74) is 0.994. The molecule has 14 heteroatoms. The van der Waals surface area contributed by atoms with E-state index in [2.05, 4.69) is 22.8 Å². The summed E-state index contributed by atoms with van der Waals surface area (Å²) >= 11 is 0. The van der Waals surface area contributed by atoms with E-state index in [1.165, 1.54) is 0 Å². The predicted octanol–water partition coefficient (Wildman–Crippen LogP) is 3.34. The molecule has 3 N–H and O–H groups in total. The van der Waals surface area contributed by atoms with E-state index in [4.69, 9.17) is 28.5 Å². The standard InChI is InChI=1S/C42H51N3O11/c1-41(2,3)55-33(47)16-14-29(22-46)44-38(48)28-6-4-5-27(17-28)20-43-40(50)42-19-32-34-35(52-23-51-34)37(42)56-45(36(42)39(49)54-32)21-26-11-8-24(9-12-26)7-10-25-13-15-30-31(18-25)53-30/h4-12,17,25,29-32,34-37,46H,13-16,18-23H2,1-3H3,(H,43,50)(H,44,48)/t25?,29-,30?,31?,32+,34-,35-,36-,37+,42-/m0/s1. The molecule has 2 bridgehead atoms. The fraction of sp³-hybridized carbons (Fsp3) is 0.571. The molecule has 4 heterocycles. The quantitative estimate of drug-likeness (QED) is 0.201. The molecular formula is C42H51N3O11. The van der Waals surface area contributed by atoms with Gasteiger partial charge in [-0.15, -0.1) is 0 Å². The minimum Gasteiger partial charge on any atom is -0.460 e. The smallest absolute Gasteiger partial charge is 0.327 e. The molecule has 6 aliphatic rings. The molecule has 4 saturated heterocycles. The SMILES string of the molecule is CC(C)(C)OC(=O)CC[C@@H](CO)NC(=O)c1cccc(CNC(=O)[C@@]23C[C@H]4OC(=O)[C@@H]2N(Cc2ccc(C=CC5CCC6OC6C5)cc2)O[C@@H]3[C@H]2OCO[C@H]24)c1. The number of carbonyl (C=O) groups is 4. The summed E-state index contributed by atoms with van der Waals surface area (Å²) in [6, 6.07) is 13.2. The second kappa shape index (κ2) is 15.6. The Kier molecular flexibility index (Phi) is 10.8. The maximum absolute atomic E-state index is 14.5. The first-order chi connectivity index (χ1) is 26.9. The van der Waals surface area contributed by atoms with Crippen LogP contribution in [-0.2, 0) is 56.0 Å². The van der Waals surface area contributed by atoms with Crippen LogP contribution in [0.25, 0.3) is 6.08 Å². The second-order valence-electron chi connectivity index (χ2n) is 16.9. The summed E-state index contributed by atoms with van der Waals surface area (Å²) < 4.78 is 28.7. The van der Waals surface area contributed by atoms with Gasteiger partial charge in [0.2, 0.25) is 5.91 Å². The summed E-state index contributed by atoms with van der Waals surface area (Å²) in [5, 5.41) is 17.3. The van der Waals surface area contributed by atoms with Crippen molar-refractivity contribution in [2.45, 2.75) is 127 Å². The molecule has 0 aromatic heterocycles. The third-order valence-corrected chi connectivity index (χ3v) is 11.7. The number of aliphatic hydroxyl groups is 1. The van der Waals surface area contributed by atoms with Gasteiger partial charge in [0.1, 0.15) is 42.2 Å². The first-order valence-corrected chi connectivity index (χ1v) is 19.7. The molecule has 0 spiro atoms. The van der Waals surface area contributed by atoms with E-state index < -0.39 is 65.4 Å². The van der Waals surface area contributed by atoms with Gasteiger partial charge in [-0.05, 0) is 81.2 Å². The zero-order valence-corrected chi connectivity index (χ0v) is 32.0. The van der Waals surface area contributed by atoms with Gasteiger partial charge in [-0.25, -0.2) is 0 Å². The van der Waals surface area contributed by atoms with Crippen LogP contribution in [0.2, 0.25) is 0 Å². The molecule has 2 aliphatic carbocycles. The molecule has 3 unspecified atom stereocenters. The van der Waals surface area contributed by atoms with Crippen molar-refractivity contribution in [1.29, 1.82) is 0 Å². The molecule has 300 valence electrons. The van der Waals surface area contributed by atoms with Gasteiger partial charge in [-0.1, -0.05) is 48.6 Å². The maximum Gasteiger partial charge on any atom is 0.327 e. The third-order valence-electron chi connectivity index (χ3n) is 11.7. The van der Waals surface area contributed by atoms with Crippen molar-refractivity contribution in [3.63, 3.8) is 0 Å². The van der Waals surface area contributed by atoms with Crippen LogP contribution >= 0.6 is 0 Å². The zero-order valence-electron chi connectivity index (χ0n) is 32.0. The number of aliphatic hydroxyl groups excluding tert-OH is 1. The summed E-state index contributed by atoms with van der Waals surface area (Å²) in [5.74, 6) is -1.26. The van der Waals surface area contributed by atoms with E-state index in [0.717, 1.165) is 30.4 Å². The normalized spacial score (nSPS) is 32.2. The molecule has 2 saturated carbocycles. The minimum absolute atomic E-state index is 0.00268. The Morgan fingerprint density at radius 3 is 2.61 bits per heavy atom. The molecule has 14 nitrogen and oxygen atoms in total. The van der Waals surface area contributed by atoms with Gasteiger partial charge in [-0.2, -0.15) is 5.06 Å². The van der Waals surface area contributed by atoms with Gasteiger partial charge in [0, 0.05) is 24.9 Å². The van der Waals surface area contributed by atoms with Crippen molar-refractivity contribution < 1.29 is 52.8 Å². The number of amides is 2. The number of epoxide rings is 1. The molecule has 2 aromatic rings. The monoisotopic (exact) mass is 773 g/mol. The van der Waals surface area contributed by atoms with Crippen LogP contribution in [0.15, 0.2) is 54.6 Å². The van der Waals surface area contributed by atoms with Crippen LogP contribution in [0, 0.1) is 11.3 Å². The molecule has 6 fully saturated rings. The number of benzene rings is 2. The Morgan fingerprint density at radius 1 is 1.04 bits per heavy atom. The highest BCUT2D eigenvalue weighted by molar-refractivity contribution is 5.95. The molecule has 0 radical (unpaired) electrons. The number of carbonyl (C=O) groups excluding carboxylic acids is 4. The van der Waals surface area contributed by atoms with Gasteiger partial charge in [-0.3, -0.25) is 24.0 Å². The Bertz CT molecular complexity index is 1850. The van der Waals surface area contributed by atoms with E-state index in [1.807, 2.05) is 24.3 Å². The highest BCUT2D eigenvalue weighted by atomic mass is 16.8. The number of esters is 2. The number of hydrogen-bond donors (Lipinski definition) is 3.